The molecule has 2 rings (SSSR count). The Morgan fingerprint density at radius 2 is 2.41 bits per heavy atom. The van der Waals surface area contributed by atoms with Gasteiger partial charge in [-0.3, -0.25) is 4.79 Å². The van der Waals surface area contributed by atoms with Crippen LogP contribution < -0.4 is 5.32 Å². The van der Waals surface area contributed by atoms with Crippen LogP contribution in [0, 0.1) is 6.92 Å². The molecule has 5 heteroatoms. The molecule has 1 amide bonds. The van der Waals surface area contributed by atoms with Crippen LogP contribution in [-0.2, 0) is 11.3 Å². The van der Waals surface area contributed by atoms with E-state index in [-0.39, 0.29) is 5.91 Å². The number of rotatable bonds is 3. The van der Waals surface area contributed by atoms with Gasteiger partial charge in [-0.1, -0.05) is 0 Å². The molecule has 1 saturated heterocycles. The lowest BCUT2D eigenvalue weighted by Crippen LogP contribution is -2.46. The maximum Gasteiger partial charge on any atom is 0.222 e. The van der Waals surface area contributed by atoms with Gasteiger partial charge < -0.3 is 10.2 Å². The van der Waals surface area contributed by atoms with Crippen LogP contribution in [0.1, 0.15) is 24.4 Å². The van der Waals surface area contributed by atoms with Crippen molar-refractivity contribution >= 4 is 5.91 Å². The molecule has 5 nitrogen and oxygen atoms in total. The van der Waals surface area contributed by atoms with E-state index < -0.39 is 0 Å². The quantitative estimate of drug-likeness (QED) is 0.827. The molecule has 0 radical (unpaired) electrons. The summed E-state index contributed by atoms with van der Waals surface area (Å²) in [5.41, 5.74) is 0.997. The molecule has 1 N–H and O–H groups in total. The number of aryl methyl sites for hydroxylation is 1. The molecule has 0 aliphatic carbocycles. The lowest BCUT2D eigenvalue weighted by Gasteiger charge is -2.30. The Hall–Kier alpha value is -1.49. The number of nitrogens with zero attached hydrogens (tertiary/aromatic N) is 3. The van der Waals surface area contributed by atoms with Gasteiger partial charge in [0.1, 0.15) is 5.82 Å². The number of carbonyl (C=O) groups is 1. The summed E-state index contributed by atoms with van der Waals surface area (Å²) in [5.74, 6) is 1.03. The zero-order chi connectivity index (χ0) is 12.3. The molecule has 1 unspecified atom stereocenters. The summed E-state index contributed by atoms with van der Waals surface area (Å²) in [6.07, 6.45) is 3.32. The lowest BCUT2D eigenvalue weighted by atomic mass is 10.1. The van der Waals surface area contributed by atoms with Gasteiger partial charge in [-0.25, -0.2) is 9.97 Å². The molecule has 1 aliphatic heterocycles. The summed E-state index contributed by atoms with van der Waals surface area (Å²) in [7, 11) is 1.85. The normalized spacial score (nSPS) is 20.7. The number of amides is 1. The first-order valence-electron chi connectivity index (χ1n) is 5.91. The molecule has 0 saturated carbocycles. The average molecular weight is 234 g/mol. The molecule has 0 spiro atoms. The molecular formula is C12H18N4O. The predicted molar refractivity (Wildman–Crippen MR) is 64.3 cm³/mol. The number of carbonyl (C=O) groups excluding carboxylic acids is 1. The topological polar surface area (TPSA) is 58.1 Å². The second-order valence-corrected chi connectivity index (χ2v) is 4.49. The second-order valence-electron chi connectivity index (χ2n) is 4.49. The van der Waals surface area contributed by atoms with E-state index in [1.165, 1.54) is 0 Å². The highest BCUT2D eigenvalue weighted by Crippen LogP contribution is 2.10. The van der Waals surface area contributed by atoms with Crippen molar-refractivity contribution in [2.24, 2.45) is 0 Å². The maximum atomic E-state index is 11.3. The van der Waals surface area contributed by atoms with Crippen LogP contribution in [0.25, 0.3) is 0 Å². The van der Waals surface area contributed by atoms with Gasteiger partial charge in [0, 0.05) is 38.8 Å². The molecular weight excluding hydrogens is 216 g/mol. The maximum absolute atomic E-state index is 11.3. The zero-order valence-electron chi connectivity index (χ0n) is 10.3. The predicted octanol–water partition coefficient (Wildman–Crippen LogP) is 0.495. The van der Waals surface area contributed by atoms with Crippen LogP contribution in [0.2, 0.25) is 0 Å². The van der Waals surface area contributed by atoms with Crippen molar-refractivity contribution in [1.29, 1.82) is 0 Å². The molecule has 1 atom stereocenters. The van der Waals surface area contributed by atoms with Gasteiger partial charge in [0.05, 0.1) is 5.69 Å². The number of nitrogens with one attached hydrogen (secondary N) is 1. The summed E-state index contributed by atoms with van der Waals surface area (Å²) in [6.45, 7) is 3.40. The van der Waals surface area contributed by atoms with Crippen molar-refractivity contribution < 1.29 is 4.79 Å². The van der Waals surface area contributed by atoms with Gasteiger partial charge >= 0.3 is 0 Å². The minimum Gasteiger partial charge on any atom is -0.344 e. The summed E-state index contributed by atoms with van der Waals surface area (Å²) >= 11 is 0. The van der Waals surface area contributed by atoms with E-state index in [9.17, 15) is 4.79 Å². The standard InChI is InChI=1S/C12H18N4O/c1-9-13-6-5-10(15-9)7-14-11-3-4-12(17)16(2)8-11/h5-6,11,14H,3-4,7-8H2,1-2H3. The summed E-state index contributed by atoms with van der Waals surface area (Å²) in [5, 5.41) is 3.43. The molecule has 92 valence electrons. The molecule has 1 fully saturated rings. The molecule has 1 aromatic heterocycles. The molecule has 0 aromatic carbocycles. The number of aromatic nitrogens is 2. The fraction of sp³-hybridized carbons (Fsp3) is 0.583. The summed E-state index contributed by atoms with van der Waals surface area (Å²) < 4.78 is 0. The van der Waals surface area contributed by atoms with Gasteiger partial charge in [-0.05, 0) is 19.4 Å². The van der Waals surface area contributed by atoms with Gasteiger partial charge in [0.15, 0.2) is 0 Å². The van der Waals surface area contributed by atoms with Crippen LogP contribution in [0.4, 0.5) is 0 Å². The Balaban J connectivity index is 1.84. The van der Waals surface area contributed by atoms with Crippen LogP contribution in [-0.4, -0.2) is 40.4 Å². The van der Waals surface area contributed by atoms with Gasteiger partial charge in [0.2, 0.25) is 5.91 Å². The average Bonchev–Trinajstić information content (AvgIpc) is 2.31. The van der Waals surface area contributed by atoms with Gasteiger partial charge in [0.25, 0.3) is 0 Å². The van der Waals surface area contributed by atoms with E-state index in [4.69, 9.17) is 0 Å². The SMILES string of the molecule is Cc1nccc(CNC2CCC(=O)N(C)C2)n1. The fourth-order valence-electron chi connectivity index (χ4n) is 2.03. The van der Waals surface area contributed by atoms with Crippen LogP contribution in [0.15, 0.2) is 12.3 Å². The largest absolute Gasteiger partial charge is 0.344 e. The third kappa shape index (κ3) is 3.23. The first kappa shape index (κ1) is 12.0. The van der Waals surface area contributed by atoms with Crippen LogP contribution in [0.5, 0.6) is 0 Å². The smallest absolute Gasteiger partial charge is 0.222 e. The van der Waals surface area contributed by atoms with Gasteiger partial charge in [-0.15, -0.1) is 0 Å². The van der Waals surface area contributed by atoms with E-state index >= 15 is 0 Å². The first-order valence-corrected chi connectivity index (χ1v) is 5.91. The van der Waals surface area contributed by atoms with E-state index in [0.717, 1.165) is 31.0 Å². The van der Waals surface area contributed by atoms with Crippen molar-refractivity contribution in [2.45, 2.75) is 32.4 Å². The number of hydrogen-bond acceptors (Lipinski definition) is 4. The Labute approximate surface area is 101 Å². The Morgan fingerprint density at radius 3 is 3.12 bits per heavy atom. The lowest BCUT2D eigenvalue weighted by molar-refractivity contribution is -0.132. The van der Waals surface area contributed by atoms with Crippen molar-refractivity contribution in [2.75, 3.05) is 13.6 Å². The van der Waals surface area contributed by atoms with E-state index in [2.05, 4.69) is 15.3 Å². The third-order valence-corrected chi connectivity index (χ3v) is 3.03. The molecule has 2 heterocycles. The number of likely N-dealkylation sites (N-methyl/N-ethyl adjacent to an activating group) is 1. The molecule has 1 aliphatic rings. The molecule has 1 aromatic rings. The highest BCUT2D eigenvalue weighted by Gasteiger charge is 2.22. The Bertz CT molecular complexity index is 407. The minimum absolute atomic E-state index is 0.237. The van der Waals surface area contributed by atoms with Crippen LogP contribution >= 0.6 is 0 Å². The third-order valence-electron chi connectivity index (χ3n) is 3.03. The van der Waals surface area contributed by atoms with Crippen molar-refractivity contribution in [3.05, 3.63) is 23.8 Å². The van der Waals surface area contributed by atoms with Crippen molar-refractivity contribution in [3.8, 4) is 0 Å². The van der Waals surface area contributed by atoms with Crippen LogP contribution in [0.3, 0.4) is 0 Å². The molecule has 17 heavy (non-hydrogen) atoms. The van der Waals surface area contributed by atoms with Crippen molar-refractivity contribution in [3.63, 3.8) is 0 Å². The van der Waals surface area contributed by atoms with Gasteiger partial charge in [-0.2, -0.15) is 0 Å². The highest BCUT2D eigenvalue weighted by atomic mass is 16.2. The number of likely N-dealkylation sites (tertiary alicyclic amines) is 1. The number of piperidine rings is 1. The minimum atomic E-state index is 0.237. The van der Waals surface area contributed by atoms with E-state index in [1.54, 1.807) is 11.1 Å². The Kier molecular flexibility index (Phi) is 3.68. The summed E-state index contributed by atoms with van der Waals surface area (Å²) in [6, 6.07) is 2.28. The Morgan fingerprint density at radius 1 is 1.59 bits per heavy atom. The highest BCUT2D eigenvalue weighted by molar-refractivity contribution is 5.76. The summed E-state index contributed by atoms with van der Waals surface area (Å²) in [4.78, 5) is 21.5. The fourth-order valence-corrected chi connectivity index (χ4v) is 2.03. The first-order chi connectivity index (χ1) is 8.15. The second kappa shape index (κ2) is 5.23. The monoisotopic (exact) mass is 234 g/mol. The molecule has 0 bridgehead atoms. The van der Waals surface area contributed by atoms with E-state index in [0.29, 0.717) is 12.5 Å². The van der Waals surface area contributed by atoms with E-state index in [1.807, 2.05) is 20.0 Å². The zero-order valence-corrected chi connectivity index (χ0v) is 10.3. The van der Waals surface area contributed by atoms with Crippen molar-refractivity contribution in [1.82, 2.24) is 20.2 Å². The number of hydrogen-bond donors (Lipinski definition) is 1.